The Hall–Kier alpha value is -0.410. The molecule has 0 saturated carbocycles. The highest BCUT2D eigenvalue weighted by Crippen LogP contribution is 2.03. The lowest BCUT2D eigenvalue weighted by atomic mass is 10.1. The van der Waals surface area contributed by atoms with Crippen molar-refractivity contribution in [2.24, 2.45) is 4.99 Å². The van der Waals surface area contributed by atoms with Gasteiger partial charge in [0.2, 0.25) is 0 Å². The van der Waals surface area contributed by atoms with Crippen LogP contribution in [0.1, 0.15) is 19.8 Å². The van der Waals surface area contributed by atoms with Gasteiger partial charge in [-0.1, -0.05) is 6.92 Å². The third kappa shape index (κ3) is 6.72. The van der Waals surface area contributed by atoms with Crippen LogP contribution in [-0.2, 0) is 0 Å². The van der Waals surface area contributed by atoms with Crippen LogP contribution in [0.15, 0.2) is 4.99 Å². The van der Waals surface area contributed by atoms with Crippen molar-refractivity contribution in [3.8, 4) is 0 Å². The minimum absolute atomic E-state index is 0. The molecule has 0 saturated heterocycles. The first-order valence-electron chi connectivity index (χ1n) is 4.24. The molecule has 0 aromatic heterocycles. The van der Waals surface area contributed by atoms with Gasteiger partial charge in [-0.3, -0.25) is 0 Å². The van der Waals surface area contributed by atoms with E-state index in [0.29, 0.717) is 0 Å². The highest BCUT2D eigenvalue weighted by molar-refractivity contribution is 5.85. The zero-order chi connectivity index (χ0) is 9.40. The van der Waals surface area contributed by atoms with Crippen molar-refractivity contribution in [1.29, 1.82) is 5.41 Å². The largest absolute Gasteiger partial charge is 0.305 e. The summed E-state index contributed by atoms with van der Waals surface area (Å²) in [6.45, 7) is 2.06. The summed E-state index contributed by atoms with van der Waals surface area (Å²) in [5.74, 6) is 0. The standard InChI is InChI=1S/C8H18N4.ClH/c1-4-7(12-6-9)5-8(10-2)11-3;/h7-11H,4-5H2,1-3H3;1H. The van der Waals surface area contributed by atoms with Gasteiger partial charge in [0.15, 0.2) is 0 Å². The summed E-state index contributed by atoms with van der Waals surface area (Å²) < 4.78 is 0. The Morgan fingerprint density at radius 1 is 1.38 bits per heavy atom. The van der Waals surface area contributed by atoms with E-state index in [0.717, 1.165) is 12.8 Å². The number of aliphatic imine (C=N–C) groups is 1. The molecule has 3 N–H and O–H groups in total. The van der Waals surface area contributed by atoms with Gasteiger partial charge in [0, 0.05) is 0 Å². The van der Waals surface area contributed by atoms with Gasteiger partial charge in [-0.15, -0.1) is 12.4 Å². The second-order valence-electron chi connectivity index (χ2n) is 2.67. The lowest BCUT2D eigenvalue weighted by molar-refractivity contribution is 0.416. The van der Waals surface area contributed by atoms with E-state index in [4.69, 9.17) is 5.41 Å². The molecule has 13 heavy (non-hydrogen) atoms. The molecule has 0 amide bonds. The van der Waals surface area contributed by atoms with Crippen LogP contribution in [0.3, 0.4) is 0 Å². The van der Waals surface area contributed by atoms with E-state index in [-0.39, 0.29) is 24.6 Å². The van der Waals surface area contributed by atoms with E-state index in [1.165, 1.54) is 0 Å². The summed E-state index contributed by atoms with van der Waals surface area (Å²) in [4.78, 5) is 3.92. The molecule has 0 aliphatic rings. The van der Waals surface area contributed by atoms with Gasteiger partial charge < -0.3 is 10.6 Å². The highest BCUT2D eigenvalue weighted by atomic mass is 35.5. The molecule has 5 heteroatoms. The Labute approximate surface area is 86.1 Å². The van der Waals surface area contributed by atoms with Crippen LogP contribution in [0, 0.1) is 5.41 Å². The van der Waals surface area contributed by atoms with Gasteiger partial charge in [0.05, 0.1) is 18.2 Å². The van der Waals surface area contributed by atoms with Crippen molar-refractivity contribution >= 4 is 18.4 Å². The van der Waals surface area contributed by atoms with Gasteiger partial charge in [0.25, 0.3) is 0 Å². The number of hydrogen-bond donors (Lipinski definition) is 3. The molecule has 0 aliphatic carbocycles. The van der Waals surface area contributed by atoms with E-state index in [2.05, 4.69) is 28.6 Å². The van der Waals surface area contributed by atoms with Crippen LogP contribution in [0.25, 0.3) is 0 Å². The highest BCUT2D eigenvalue weighted by Gasteiger charge is 2.09. The number of nitrogens with zero attached hydrogens (tertiary/aromatic N) is 1. The Kier molecular flexibility index (Phi) is 11.2. The maximum atomic E-state index is 6.74. The first kappa shape index (κ1) is 15.1. The van der Waals surface area contributed by atoms with Gasteiger partial charge in [-0.25, -0.2) is 10.4 Å². The van der Waals surface area contributed by atoms with Crippen LogP contribution in [0.4, 0.5) is 0 Å². The van der Waals surface area contributed by atoms with E-state index in [9.17, 15) is 0 Å². The molecule has 1 atom stereocenters. The number of hydrogen-bond acceptors (Lipinski definition) is 4. The first-order chi connectivity index (χ1) is 5.78. The summed E-state index contributed by atoms with van der Waals surface area (Å²) in [5, 5.41) is 13.0. The van der Waals surface area contributed by atoms with Crippen molar-refractivity contribution in [1.82, 2.24) is 10.6 Å². The maximum Gasteiger partial charge on any atom is 0.0864 e. The van der Waals surface area contributed by atoms with Crippen LogP contribution >= 0.6 is 12.4 Å². The van der Waals surface area contributed by atoms with E-state index < -0.39 is 0 Å². The van der Waals surface area contributed by atoms with Crippen molar-refractivity contribution in [3.63, 3.8) is 0 Å². The third-order valence-corrected chi connectivity index (χ3v) is 1.92. The van der Waals surface area contributed by atoms with Gasteiger partial charge in [0.1, 0.15) is 0 Å². The summed E-state index contributed by atoms with van der Waals surface area (Å²) in [6, 6.07) is 2.29. The molecule has 0 radical (unpaired) electrons. The fourth-order valence-electron chi connectivity index (χ4n) is 1.05. The lowest BCUT2D eigenvalue weighted by Gasteiger charge is -2.18. The Balaban J connectivity index is 0. The summed E-state index contributed by atoms with van der Waals surface area (Å²) in [5.41, 5.74) is 0. The topological polar surface area (TPSA) is 60.3 Å². The van der Waals surface area contributed by atoms with Crippen LogP contribution in [0.2, 0.25) is 0 Å². The monoisotopic (exact) mass is 206 g/mol. The summed E-state index contributed by atoms with van der Waals surface area (Å²) in [7, 11) is 3.81. The van der Waals surface area contributed by atoms with Crippen molar-refractivity contribution in [3.05, 3.63) is 0 Å². The molecule has 0 aliphatic heterocycles. The zero-order valence-corrected chi connectivity index (χ0v) is 9.24. The third-order valence-electron chi connectivity index (χ3n) is 1.92. The second-order valence-corrected chi connectivity index (χ2v) is 2.67. The minimum atomic E-state index is 0. The molecule has 0 fully saturated rings. The van der Waals surface area contributed by atoms with Gasteiger partial charge in [-0.05, 0) is 26.9 Å². The fourth-order valence-corrected chi connectivity index (χ4v) is 1.05. The predicted octanol–water partition coefficient (Wildman–Crippen LogP) is 1.09. The molecule has 0 spiro atoms. The quantitative estimate of drug-likeness (QED) is 0.450. The van der Waals surface area contributed by atoms with Crippen molar-refractivity contribution < 1.29 is 0 Å². The minimum Gasteiger partial charge on any atom is -0.305 e. The summed E-state index contributed by atoms with van der Waals surface area (Å²) in [6.07, 6.45) is 2.12. The molecule has 0 rings (SSSR count). The van der Waals surface area contributed by atoms with Gasteiger partial charge in [-0.2, -0.15) is 0 Å². The molecule has 0 heterocycles. The zero-order valence-electron chi connectivity index (χ0n) is 8.42. The maximum absolute atomic E-state index is 6.74. The van der Waals surface area contributed by atoms with E-state index >= 15 is 0 Å². The predicted molar refractivity (Wildman–Crippen MR) is 58.0 cm³/mol. The molecular weight excluding hydrogens is 188 g/mol. The Morgan fingerprint density at radius 2 is 1.92 bits per heavy atom. The molecule has 0 aromatic carbocycles. The smallest absolute Gasteiger partial charge is 0.0864 e. The molecule has 78 valence electrons. The van der Waals surface area contributed by atoms with E-state index in [1.54, 1.807) is 0 Å². The molecular formula is C8H19ClN4. The Morgan fingerprint density at radius 3 is 2.23 bits per heavy atom. The average molecular weight is 207 g/mol. The lowest BCUT2D eigenvalue weighted by Crippen LogP contribution is -2.40. The number of nitrogens with one attached hydrogen (secondary N) is 3. The molecule has 1 unspecified atom stereocenters. The van der Waals surface area contributed by atoms with Crippen molar-refractivity contribution in [2.75, 3.05) is 14.1 Å². The Bertz CT molecular complexity index is 152. The molecule has 0 aromatic rings. The summed E-state index contributed by atoms with van der Waals surface area (Å²) >= 11 is 0. The molecule has 0 bridgehead atoms. The average Bonchev–Trinajstić information content (AvgIpc) is 2.12. The van der Waals surface area contributed by atoms with Crippen LogP contribution in [0.5, 0.6) is 0 Å². The first-order valence-corrected chi connectivity index (χ1v) is 4.24. The number of halogens is 1. The second kappa shape index (κ2) is 9.68. The normalized spacial score (nSPS) is 11.7. The SMILES string of the molecule is CCC(CC(NC)NC)N=C=N.Cl. The van der Waals surface area contributed by atoms with Crippen LogP contribution < -0.4 is 10.6 Å². The fraction of sp³-hybridized carbons (Fsp3) is 0.875. The van der Waals surface area contributed by atoms with Crippen molar-refractivity contribution in [2.45, 2.75) is 32.0 Å². The number of rotatable bonds is 6. The van der Waals surface area contributed by atoms with Crippen LogP contribution in [-0.4, -0.2) is 32.3 Å². The van der Waals surface area contributed by atoms with Gasteiger partial charge >= 0.3 is 0 Å². The molecule has 4 nitrogen and oxygen atoms in total. The van der Waals surface area contributed by atoms with E-state index in [1.807, 2.05) is 14.1 Å².